The minimum Gasteiger partial charge on any atom is -0.461 e. The minimum absolute atomic E-state index is 0.186. The average Bonchev–Trinajstić information content (AvgIpc) is 3.39. The van der Waals surface area contributed by atoms with Crippen molar-refractivity contribution in [2.24, 2.45) is 0 Å². The van der Waals surface area contributed by atoms with E-state index in [-0.39, 0.29) is 6.10 Å². The molecule has 7 nitrogen and oxygen atoms in total. The molecule has 0 radical (unpaired) electrons. The second-order valence-corrected chi connectivity index (χ2v) is 6.71. The number of hydrogen-bond acceptors (Lipinski definition) is 6. The van der Waals surface area contributed by atoms with E-state index in [9.17, 15) is 0 Å². The largest absolute Gasteiger partial charge is 0.461 e. The lowest BCUT2D eigenvalue weighted by atomic mass is 10.2. The number of anilines is 1. The van der Waals surface area contributed by atoms with Crippen LogP contribution in [-0.2, 0) is 4.74 Å². The molecule has 5 rings (SSSR count). The van der Waals surface area contributed by atoms with Gasteiger partial charge in [-0.1, -0.05) is 11.6 Å². The van der Waals surface area contributed by atoms with Crippen LogP contribution < -0.4 is 5.32 Å². The standard InChI is InChI=1S/C18H16ClN5O2/c19-11-5-6-13-14(9-11)21-18(20-10-12-3-1-7-25-12)24-16(13)22-23-17(24)15-4-2-8-26-15/h2,4-6,8-9,12H,1,3,7,10H2,(H,20,21). The van der Waals surface area contributed by atoms with Gasteiger partial charge in [-0.25, -0.2) is 9.38 Å². The Morgan fingerprint density at radius 2 is 2.23 bits per heavy atom. The highest BCUT2D eigenvalue weighted by Crippen LogP contribution is 2.28. The monoisotopic (exact) mass is 369 g/mol. The van der Waals surface area contributed by atoms with Crippen molar-refractivity contribution in [3.63, 3.8) is 0 Å². The Morgan fingerprint density at radius 3 is 3.04 bits per heavy atom. The first-order chi connectivity index (χ1) is 12.8. The number of aromatic nitrogens is 4. The highest BCUT2D eigenvalue weighted by Gasteiger charge is 2.20. The van der Waals surface area contributed by atoms with E-state index >= 15 is 0 Å². The van der Waals surface area contributed by atoms with Crippen LogP contribution in [0.25, 0.3) is 28.1 Å². The lowest BCUT2D eigenvalue weighted by molar-refractivity contribution is 0.120. The first-order valence-corrected chi connectivity index (χ1v) is 8.91. The van der Waals surface area contributed by atoms with Crippen molar-refractivity contribution >= 4 is 34.1 Å². The lowest BCUT2D eigenvalue weighted by Gasteiger charge is -2.14. The van der Waals surface area contributed by atoms with Gasteiger partial charge in [0.2, 0.25) is 11.8 Å². The summed E-state index contributed by atoms with van der Waals surface area (Å²) in [6.45, 7) is 1.48. The summed E-state index contributed by atoms with van der Waals surface area (Å²) in [6.07, 6.45) is 3.94. The van der Waals surface area contributed by atoms with Gasteiger partial charge in [0.15, 0.2) is 11.4 Å². The van der Waals surface area contributed by atoms with E-state index in [1.165, 1.54) is 0 Å². The van der Waals surface area contributed by atoms with E-state index in [4.69, 9.17) is 25.7 Å². The van der Waals surface area contributed by atoms with E-state index in [0.717, 1.165) is 30.4 Å². The second kappa shape index (κ2) is 6.26. The molecule has 0 aliphatic carbocycles. The molecule has 26 heavy (non-hydrogen) atoms. The number of hydrogen-bond donors (Lipinski definition) is 1. The molecular formula is C18H16ClN5O2. The van der Waals surface area contributed by atoms with E-state index in [1.54, 1.807) is 6.26 Å². The molecule has 1 aliphatic rings. The zero-order valence-electron chi connectivity index (χ0n) is 13.9. The predicted octanol–water partition coefficient (Wildman–Crippen LogP) is 3.78. The Bertz CT molecular complexity index is 1070. The van der Waals surface area contributed by atoms with Crippen molar-refractivity contribution in [3.8, 4) is 11.6 Å². The topological polar surface area (TPSA) is 77.5 Å². The minimum atomic E-state index is 0.186. The fourth-order valence-corrected chi connectivity index (χ4v) is 3.47. The van der Waals surface area contributed by atoms with Gasteiger partial charge in [-0.2, -0.15) is 0 Å². The molecule has 0 bridgehead atoms. The lowest BCUT2D eigenvalue weighted by Crippen LogP contribution is -2.20. The van der Waals surface area contributed by atoms with E-state index in [2.05, 4.69) is 15.5 Å². The second-order valence-electron chi connectivity index (χ2n) is 6.27. The molecule has 3 aromatic heterocycles. The summed E-state index contributed by atoms with van der Waals surface area (Å²) in [4.78, 5) is 4.76. The summed E-state index contributed by atoms with van der Waals surface area (Å²) in [5, 5.41) is 13.6. The molecule has 4 heterocycles. The Morgan fingerprint density at radius 1 is 1.27 bits per heavy atom. The van der Waals surface area contributed by atoms with Gasteiger partial charge in [-0.15, -0.1) is 10.2 Å². The van der Waals surface area contributed by atoms with Crippen LogP contribution in [0.2, 0.25) is 5.02 Å². The molecule has 1 atom stereocenters. The molecule has 8 heteroatoms. The molecule has 1 N–H and O–H groups in total. The number of ether oxygens (including phenoxy) is 1. The summed E-state index contributed by atoms with van der Waals surface area (Å²) in [5.41, 5.74) is 1.46. The Hall–Kier alpha value is -2.64. The van der Waals surface area contributed by atoms with Crippen molar-refractivity contribution in [2.75, 3.05) is 18.5 Å². The van der Waals surface area contributed by atoms with Gasteiger partial charge in [-0.3, -0.25) is 0 Å². The SMILES string of the molecule is Clc1ccc2c(c1)nc(NCC1CCCO1)n1c(-c3ccco3)nnc21. The fourth-order valence-electron chi connectivity index (χ4n) is 3.30. The van der Waals surface area contributed by atoms with Crippen LogP contribution in [0.5, 0.6) is 0 Å². The molecular weight excluding hydrogens is 354 g/mol. The number of fused-ring (bicyclic) bond motifs is 3. The quantitative estimate of drug-likeness (QED) is 0.589. The smallest absolute Gasteiger partial charge is 0.211 e. The molecule has 1 fully saturated rings. The Balaban J connectivity index is 1.68. The van der Waals surface area contributed by atoms with E-state index in [1.807, 2.05) is 34.7 Å². The molecule has 1 aliphatic heterocycles. The number of halogens is 1. The van der Waals surface area contributed by atoms with Crippen LogP contribution in [0.4, 0.5) is 5.95 Å². The summed E-state index contributed by atoms with van der Waals surface area (Å²) in [5.74, 6) is 1.87. The van der Waals surface area contributed by atoms with Crippen molar-refractivity contribution in [3.05, 3.63) is 41.6 Å². The molecule has 1 saturated heterocycles. The van der Waals surface area contributed by atoms with Gasteiger partial charge < -0.3 is 14.5 Å². The van der Waals surface area contributed by atoms with Crippen LogP contribution in [0.15, 0.2) is 41.0 Å². The molecule has 0 amide bonds. The van der Waals surface area contributed by atoms with Crippen molar-refractivity contribution in [1.82, 2.24) is 19.6 Å². The highest BCUT2D eigenvalue weighted by molar-refractivity contribution is 6.31. The molecule has 132 valence electrons. The average molecular weight is 370 g/mol. The number of nitrogens with one attached hydrogen (secondary N) is 1. The van der Waals surface area contributed by atoms with Crippen LogP contribution >= 0.6 is 11.6 Å². The zero-order valence-corrected chi connectivity index (χ0v) is 14.6. The van der Waals surface area contributed by atoms with Crippen molar-refractivity contribution in [2.45, 2.75) is 18.9 Å². The van der Waals surface area contributed by atoms with E-state index < -0.39 is 0 Å². The van der Waals surface area contributed by atoms with Crippen LogP contribution in [0.1, 0.15) is 12.8 Å². The van der Waals surface area contributed by atoms with Crippen LogP contribution in [-0.4, -0.2) is 38.8 Å². The predicted molar refractivity (Wildman–Crippen MR) is 98.5 cm³/mol. The van der Waals surface area contributed by atoms with Crippen molar-refractivity contribution < 1.29 is 9.15 Å². The molecule has 4 aromatic rings. The summed E-state index contributed by atoms with van der Waals surface area (Å²) < 4.78 is 13.1. The van der Waals surface area contributed by atoms with Gasteiger partial charge in [0.25, 0.3) is 0 Å². The maximum Gasteiger partial charge on any atom is 0.211 e. The van der Waals surface area contributed by atoms with Gasteiger partial charge in [0, 0.05) is 23.6 Å². The molecule has 0 saturated carbocycles. The third-order valence-electron chi connectivity index (χ3n) is 4.56. The molecule has 1 aromatic carbocycles. The van der Waals surface area contributed by atoms with Gasteiger partial charge >= 0.3 is 0 Å². The third-order valence-corrected chi connectivity index (χ3v) is 4.79. The highest BCUT2D eigenvalue weighted by atomic mass is 35.5. The van der Waals surface area contributed by atoms with Gasteiger partial charge in [-0.05, 0) is 43.2 Å². The maximum absolute atomic E-state index is 6.15. The summed E-state index contributed by atoms with van der Waals surface area (Å²) >= 11 is 6.15. The number of nitrogens with zero attached hydrogens (tertiary/aromatic N) is 4. The first-order valence-electron chi connectivity index (χ1n) is 8.53. The molecule has 0 spiro atoms. The van der Waals surface area contributed by atoms with Gasteiger partial charge in [0.1, 0.15) is 0 Å². The van der Waals surface area contributed by atoms with Crippen LogP contribution in [0.3, 0.4) is 0 Å². The first kappa shape index (κ1) is 15.6. The van der Waals surface area contributed by atoms with Crippen LogP contribution in [0, 0.1) is 0 Å². The Labute approximate surface area is 153 Å². The van der Waals surface area contributed by atoms with Gasteiger partial charge in [0.05, 0.1) is 17.9 Å². The zero-order chi connectivity index (χ0) is 17.5. The summed E-state index contributed by atoms with van der Waals surface area (Å²) in [6, 6.07) is 9.24. The maximum atomic E-state index is 6.15. The van der Waals surface area contributed by atoms with E-state index in [0.29, 0.717) is 34.7 Å². The third kappa shape index (κ3) is 2.60. The number of furan rings is 1. The molecule has 1 unspecified atom stereocenters. The Kier molecular flexibility index (Phi) is 3.76. The number of rotatable bonds is 4. The normalized spacial score (nSPS) is 17.3. The fraction of sp³-hybridized carbons (Fsp3) is 0.278. The number of benzene rings is 1. The summed E-state index contributed by atoms with van der Waals surface area (Å²) in [7, 11) is 0. The van der Waals surface area contributed by atoms with Crippen molar-refractivity contribution in [1.29, 1.82) is 0 Å².